The molecular formula is C12H19N5O. The molecule has 1 aromatic rings. The highest BCUT2D eigenvalue weighted by Gasteiger charge is 2.25. The van der Waals surface area contributed by atoms with Crippen molar-refractivity contribution < 1.29 is 4.79 Å². The van der Waals surface area contributed by atoms with Gasteiger partial charge in [0.2, 0.25) is 5.91 Å². The molecule has 6 nitrogen and oxygen atoms in total. The van der Waals surface area contributed by atoms with Crippen LogP contribution in [-0.4, -0.2) is 36.0 Å². The van der Waals surface area contributed by atoms with Gasteiger partial charge in [0, 0.05) is 32.1 Å². The minimum Gasteiger partial charge on any atom is -0.384 e. The lowest BCUT2D eigenvalue weighted by Crippen LogP contribution is -2.40. The SMILES string of the molecule is CNC(=O)C1CCN(c2cc(N)nc(C)n2)CC1. The Morgan fingerprint density at radius 2 is 2.11 bits per heavy atom. The first-order valence-electron chi connectivity index (χ1n) is 6.18. The fourth-order valence-electron chi connectivity index (χ4n) is 2.31. The van der Waals surface area contributed by atoms with Gasteiger partial charge in [-0.25, -0.2) is 9.97 Å². The van der Waals surface area contributed by atoms with Crippen LogP contribution in [0.5, 0.6) is 0 Å². The van der Waals surface area contributed by atoms with Crippen molar-refractivity contribution >= 4 is 17.5 Å². The molecule has 1 saturated heterocycles. The van der Waals surface area contributed by atoms with E-state index in [1.165, 1.54) is 0 Å². The number of carbonyl (C=O) groups excluding carboxylic acids is 1. The Morgan fingerprint density at radius 3 is 2.67 bits per heavy atom. The lowest BCUT2D eigenvalue weighted by atomic mass is 9.96. The van der Waals surface area contributed by atoms with Crippen LogP contribution >= 0.6 is 0 Å². The molecule has 0 spiro atoms. The van der Waals surface area contributed by atoms with E-state index < -0.39 is 0 Å². The lowest BCUT2D eigenvalue weighted by molar-refractivity contribution is -0.125. The third-order valence-electron chi connectivity index (χ3n) is 3.28. The fraction of sp³-hybridized carbons (Fsp3) is 0.583. The van der Waals surface area contributed by atoms with E-state index in [9.17, 15) is 4.79 Å². The van der Waals surface area contributed by atoms with Crippen molar-refractivity contribution in [3.63, 3.8) is 0 Å². The van der Waals surface area contributed by atoms with Crippen LogP contribution in [0.1, 0.15) is 18.7 Å². The van der Waals surface area contributed by atoms with E-state index >= 15 is 0 Å². The Bertz CT molecular complexity index is 420. The van der Waals surface area contributed by atoms with Crippen LogP contribution in [0, 0.1) is 12.8 Å². The molecule has 2 rings (SSSR count). The van der Waals surface area contributed by atoms with Crippen molar-refractivity contribution in [2.75, 3.05) is 30.8 Å². The molecule has 1 aromatic heterocycles. The molecule has 0 radical (unpaired) electrons. The number of aryl methyl sites for hydroxylation is 1. The van der Waals surface area contributed by atoms with Crippen molar-refractivity contribution in [1.29, 1.82) is 0 Å². The zero-order valence-corrected chi connectivity index (χ0v) is 10.8. The Kier molecular flexibility index (Phi) is 3.64. The molecule has 1 aliphatic heterocycles. The zero-order valence-electron chi connectivity index (χ0n) is 10.8. The second-order valence-corrected chi connectivity index (χ2v) is 4.57. The van der Waals surface area contributed by atoms with Crippen molar-refractivity contribution in [2.45, 2.75) is 19.8 Å². The summed E-state index contributed by atoms with van der Waals surface area (Å²) in [5, 5.41) is 2.70. The van der Waals surface area contributed by atoms with Gasteiger partial charge < -0.3 is 16.0 Å². The Hall–Kier alpha value is -1.85. The predicted molar refractivity (Wildman–Crippen MR) is 70.2 cm³/mol. The highest BCUT2D eigenvalue weighted by Crippen LogP contribution is 2.22. The summed E-state index contributed by atoms with van der Waals surface area (Å²) in [5.74, 6) is 2.28. The van der Waals surface area contributed by atoms with E-state index in [4.69, 9.17) is 5.73 Å². The van der Waals surface area contributed by atoms with Crippen molar-refractivity contribution in [3.05, 3.63) is 11.9 Å². The number of amides is 1. The Morgan fingerprint density at radius 1 is 1.44 bits per heavy atom. The van der Waals surface area contributed by atoms with Crippen LogP contribution in [0.4, 0.5) is 11.6 Å². The summed E-state index contributed by atoms with van der Waals surface area (Å²) in [6, 6.07) is 1.78. The number of aromatic nitrogens is 2. The van der Waals surface area contributed by atoms with E-state index in [2.05, 4.69) is 20.2 Å². The van der Waals surface area contributed by atoms with Gasteiger partial charge in [0.05, 0.1) is 0 Å². The van der Waals surface area contributed by atoms with Gasteiger partial charge in [-0.2, -0.15) is 0 Å². The van der Waals surface area contributed by atoms with Crippen LogP contribution in [0.3, 0.4) is 0 Å². The number of nitrogens with zero attached hydrogens (tertiary/aromatic N) is 3. The maximum atomic E-state index is 11.5. The zero-order chi connectivity index (χ0) is 13.1. The van der Waals surface area contributed by atoms with Gasteiger partial charge in [0.1, 0.15) is 17.5 Å². The lowest BCUT2D eigenvalue weighted by Gasteiger charge is -2.32. The molecule has 98 valence electrons. The van der Waals surface area contributed by atoms with Gasteiger partial charge in [-0.1, -0.05) is 0 Å². The van der Waals surface area contributed by atoms with Crippen LogP contribution in [0.2, 0.25) is 0 Å². The number of hydrogen-bond donors (Lipinski definition) is 2. The van der Waals surface area contributed by atoms with Gasteiger partial charge in [0.25, 0.3) is 0 Å². The number of nitrogen functional groups attached to an aromatic ring is 1. The Balaban J connectivity index is 2.03. The first-order valence-corrected chi connectivity index (χ1v) is 6.18. The van der Waals surface area contributed by atoms with E-state index in [1.807, 2.05) is 6.92 Å². The van der Waals surface area contributed by atoms with Crippen molar-refractivity contribution in [1.82, 2.24) is 15.3 Å². The summed E-state index contributed by atoms with van der Waals surface area (Å²) in [7, 11) is 1.68. The number of anilines is 2. The second kappa shape index (κ2) is 5.20. The van der Waals surface area contributed by atoms with Gasteiger partial charge in [-0.15, -0.1) is 0 Å². The Labute approximate surface area is 107 Å². The van der Waals surface area contributed by atoms with E-state index in [0.29, 0.717) is 11.6 Å². The van der Waals surface area contributed by atoms with Gasteiger partial charge in [-0.3, -0.25) is 4.79 Å². The number of rotatable bonds is 2. The normalized spacial score (nSPS) is 16.7. The monoisotopic (exact) mass is 249 g/mol. The van der Waals surface area contributed by atoms with Gasteiger partial charge in [0.15, 0.2) is 0 Å². The molecule has 6 heteroatoms. The maximum Gasteiger partial charge on any atom is 0.222 e. The van der Waals surface area contributed by atoms with E-state index in [-0.39, 0.29) is 11.8 Å². The van der Waals surface area contributed by atoms with Crippen molar-refractivity contribution in [2.24, 2.45) is 5.92 Å². The predicted octanol–water partition coefficient (Wildman–Crippen LogP) is 0.330. The summed E-state index contributed by atoms with van der Waals surface area (Å²) in [4.78, 5) is 22.1. The fourth-order valence-corrected chi connectivity index (χ4v) is 2.31. The summed E-state index contributed by atoms with van der Waals surface area (Å²) < 4.78 is 0. The quantitative estimate of drug-likeness (QED) is 0.789. The molecule has 2 heterocycles. The average molecular weight is 249 g/mol. The van der Waals surface area contributed by atoms with Crippen LogP contribution in [0.25, 0.3) is 0 Å². The van der Waals surface area contributed by atoms with Crippen LogP contribution in [0.15, 0.2) is 6.07 Å². The number of nitrogens with one attached hydrogen (secondary N) is 1. The summed E-state index contributed by atoms with van der Waals surface area (Å²) in [6.07, 6.45) is 1.70. The van der Waals surface area contributed by atoms with Gasteiger partial charge >= 0.3 is 0 Å². The van der Waals surface area contributed by atoms with Crippen LogP contribution < -0.4 is 16.0 Å². The smallest absolute Gasteiger partial charge is 0.222 e. The number of nitrogens with two attached hydrogens (primary N) is 1. The maximum absolute atomic E-state index is 11.5. The minimum absolute atomic E-state index is 0.117. The molecule has 1 aliphatic rings. The van der Waals surface area contributed by atoms with Gasteiger partial charge in [-0.05, 0) is 19.8 Å². The molecule has 0 saturated carbocycles. The highest BCUT2D eigenvalue weighted by molar-refractivity contribution is 5.78. The molecular weight excluding hydrogens is 230 g/mol. The molecule has 18 heavy (non-hydrogen) atoms. The third kappa shape index (κ3) is 2.69. The number of piperidine rings is 1. The summed E-state index contributed by atoms with van der Waals surface area (Å²) >= 11 is 0. The average Bonchev–Trinajstić information content (AvgIpc) is 2.37. The molecule has 1 fully saturated rings. The number of carbonyl (C=O) groups is 1. The second-order valence-electron chi connectivity index (χ2n) is 4.57. The standard InChI is InChI=1S/C12H19N5O/c1-8-15-10(13)7-11(16-8)17-5-3-9(4-6-17)12(18)14-2/h7,9H,3-6H2,1-2H3,(H,14,18)(H2,13,15,16). The molecule has 0 bridgehead atoms. The molecule has 0 atom stereocenters. The van der Waals surface area contributed by atoms with Crippen LogP contribution in [-0.2, 0) is 4.79 Å². The van der Waals surface area contributed by atoms with Crippen molar-refractivity contribution in [3.8, 4) is 0 Å². The largest absolute Gasteiger partial charge is 0.384 e. The molecule has 3 N–H and O–H groups in total. The first-order chi connectivity index (χ1) is 8.60. The number of hydrogen-bond acceptors (Lipinski definition) is 5. The minimum atomic E-state index is 0.117. The summed E-state index contributed by atoms with van der Waals surface area (Å²) in [6.45, 7) is 3.49. The third-order valence-corrected chi connectivity index (χ3v) is 3.28. The first kappa shape index (κ1) is 12.6. The topological polar surface area (TPSA) is 84.1 Å². The molecule has 0 unspecified atom stereocenters. The molecule has 1 amide bonds. The van der Waals surface area contributed by atoms with E-state index in [1.54, 1.807) is 13.1 Å². The molecule has 0 aromatic carbocycles. The highest BCUT2D eigenvalue weighted by atomic mass is 16.1. The summed E-state index contributed by atoms with van der Waals surface area (Å²) in [5.41, 5.74) is 5.72. The van der Waals surface area contributed by atoms with E-state index in [0.717, 1.165) is 31.7 Å². The molecule has 0 aliphatic carbocycles.